The normalized spacial score (nSPS) is 14.6. The molecule has 2 aromatic carbocycles. The maximum Gasteiger partial charge on any atom is 0.257 e. The van der Waals surface area contributed by atoms with Gasteiger partial charge in [0.1, 0.15) is 11.6 Å². The monoisotopic (exact) mass is 372 g/mol. The lowest BCUT2D eigenvalue weighted by Crippen LogP contribution is -2.50. The summed E-state index contributed by atoms with van der Waals surface area (Å²) in [4.78, 5) is 28.2. The van der Waals surface area contributed by atoms with Crippen LogP contribution in [0.15, 0.2) is 42.5 Å². The Morgan fingerprint density at radius 1 is 0.852 bits per heavy atom. The van der Waals surface area contributed by atoms with E-state index in [4.69, 9.17) is 0 Å². The van der Waals surface area contributed by atoms with Gasteiger partial charge in [-0.15, -0.1) is 0 Å². The molecule has 2 aromatic rings. The molecule has 0 saturated carbocycles. The van der Waals surface area contributed by atoms with Crippen LogP contribution in [0.2, 0.25) is 0 Å². The third-order valence-electron chi connectivity index (χ3n) is 4.84. The first kappa shape index (κ1) is 19.0. The molecule has 0 atom stereocenters. The van der Waals surface area contributed by atoms with Crippen molar-refractivity contribution in [3.05, 3.63) is 70.8 Å². The number of nitrogens with zero attached hydrogens (tertiary/aromatic N) is 2. The highest BCUT2D eigenvalue weighted by Gasteiger charge is 2.27. The largest absolute Gasteiger partial charge is 0.335 e. The molecule has 1 aliphatic rings. The lowest BCUT2D eigenvalue weighted by Gasteiger charge is -2.35. The summed E-state index contributed by atoms with van der Waals surface area (Å²) < 4.78 is 27.1. The van der Waals surface area contributed by atoms with E-state index in [1.54, 1.807) is 4.90 Å². The molecule has 0 radical (unpaired) electrons. The van der Waals surface area contributed by atoms with Crippen LogP contribution in [0, 0.1) is 11.6 Å². The first-order valence-electron chi connectivity index (χ1n) is 9.00. The Morgan fingerprint density at radius 3 is 1.96 bits per heavy atom. The van der Waals surface area contributed by atoms with Crippen molar-refractivity contribution in [2.45, 2.75) is 19.8 Å². The molecule has 0 bridgehead atoms. The highest BCUT2D eigenvalue weighted by atomic mass is 19.1. The van der Waals surface area contributed by atoms with E-state index in [0.29, 0.717) is 24.6 Å². The lowest BCUT2D eigenvalue weighted by atomic mass is 10.0. The van der Waals surface area contributed by atoms with Gasteiger partial charge in [0.15, 0.2) is 0 Å². The minimum atomic E-state index is -0.745. The maximum absolute atomic E-state index is 13.8. The smallest absolute Gasteiger partial charge is 0.257 e. The summed E-state index contributed by atoms with van der Waals surface area (Å²) in [5.74, 6) is -1.65. The quantitative estimate of drug-likeness (QED) is 0.825. The zero-order chi connectivity index (χ0) is 19.6. The van der Waals surface area contributed by atoms with Gasteiger partial charge in [0.05, 0.1) is 5.56 Å². The molecule has 2 amide bonds. The third-order valence-corrected chi connectivity index (χ3v) is 4.84. The molecule has 0 aliphatic carbocycles. The zero-order valence-corrected chi connectivity index (χ0v) is 15.4. The van der Waals surface area contributed by atoms with Gasteiger partial charge >= 0.3 is 0 Å². The minimum Gasteiger partial charge on any atom is -0.335 e. The Bertz CT molecular complexity index is 842. The summed E-state index contributed by atoms with van der Waals surface area (Å²) >= 11 is 0. The molecule has 0 spiro atoms. The van der Waals surface area contributed by atoms with Gasteiger partial charge in [0.2, 0.25) is 0 Å². The Morgan fingerprint density at radius 2 is 1.41 bits per heavy atom. The van der Waals surface area contributed by atoms with Crippen molar-refractivity contribution < 1.29 is 18.4 Å². The zero-order valence-electron chi connectivity index (χ0n) is 15.4. The molecule has 0 aromatic heterocycles. The van der Waals surface area contributed by atoms with Gasteiger partial charge in [-0.1, -0.05) is 26.0 Å². The van der Waals surface area contributed by atoms with Gasteiger partial charge in [-0.05, 0) is 41.8 Å². The van der Waals surface area contributed by atoms with E-state index in [2.05, 4.69) is 13.8 Å². The molecular formula is C21H22F2N2O2. The Kier molecular flexibility index (Phi) is 5.54. The lowest BCUT2D eigenvalue weighted by molar-refractivity contribution is 0.0532. The Balaban J connectivity index is 1.63. The number of piperazine rings is 1. The minimum absolute atomic E-state index is 0.0886. The fourth-order valence-corrected chi connectivity index (χ4v) is 3.14. The van der Waals surface area contributed by atoms with Crippen molar-refractivity contribution in [1.29, 1.82) is 0 Å². The van der Waals surface area contributed by atoms with Crippen molar-refractivity contribution in [3.8, 4) is 0 Å². The van der Waals surface area contributed by atoms with Gasteiger partial charge < -0.3 is 9.80 Å². The molecular weight excluding hydrogens is 350 g/mol. The highest BCUT2D eigenvalue weighted by Crippen LogP contribution is 2.18. The van der Waals surface area contributed by atoms with Crippen LogP contribution in [-0.4, -0.2) is 47.8 Å². The third kappa shape index (κ3) is 4.15. The van der Waals surface area contributed by atoms with E-state index in [-0.39, 0.29) is 24.6 Å². The molecule has 1 fully saturated rings. The van der Waals surface area contributed by atoms with E-state index >= 15 is 0 Å². The van der Waals surface area contributed by atoms with E-state index < -0.39 is 17.5 Å². The van der Waals surface area contributed by atoms with E-state index in [1.165, 1.54) is 10.5 Å². The molecule has 142 valence electrons. The standard InChI is InChI=1S/C21H22F2N2O2/c1-14(2)15-3-5-16(6-4-15)20(26)24-9-11-25(12-10-24)21(27)18-13-17(22)7-8-19(18)23/h3-8,13-14H,9-12H2,1-2H3. The fraction of sp³-hybridized carbons (Fsp3) is 0.333. The first-order valence-corrected chi connectivity index (χ1v) is 9.00. The number of halogens is 2. The van der Waals surface area contributed by atoms with Crippen LogP contribution in [0.4, 0.5) is 8.78 Å². The molecule has 4 nitrogen and oxygen atoms in total. The topological polar surface area (TPSA) is 40.6 Å². The number of carbonyl (C=O) groups is 2. The molecule has 1 heterocycles. The van der Waals surface area contributed by atoms with Crippen LogP contribution >= 0.6 is 0 Å². The van der Waals surface area contributed by atoms with Crippen LogP contribution < -0.4 is 0 Å². The number of amides is 2. The summed E-state index contributed by atoms with van der Waals surface area (Å²) in [6, 6.07) is 10.4. The fourth-order valence-electron chi connectivity index (χ4n) is 3.14. The SMILES string of the molecule is CC(C)c1ccc(C(=O)N2CCN(C(=O)c3cc(F)ccc3F)CC2)cc1. The summed E-state index contributed by atoms with van der Waals surface area (Å²) in [6.45, 7) is 5.46. The van der Waals surface area contributed by atoms with Crippen LogP contribution in [-0.2, 0) is 0 Å². The van der Waals surface area contributed by atoms with Crippen LogP contribution in [0.25, 0.3) is 0 Å². The van der Waals surface area contributed by atoms with Gasteiger partial charge in [0, 0.05) is 31.7 Å². The highest BCUT2D eigenvalue weighted by molar-refractivity contribution is 5.96. The van der Waals surface area contributed by atoms with Gasteiger partial charge in [-0.2, -0.15) is 0 Å². The van der Waals surface area contributed by atoms with Crippen LogP contribution in [0.5, 0.6) is 0 Å². The second kappa shape index (κ2) is 7.86. The molecule has 3 rings (SSSR count). The number of rotatable bonds is 3. The summed E-state index contributed by atoms with van der Waals surface area (Å²) in [6.07, 6.45) is 0. The summed E-state index contributed by atoms with van der Waals surface area (Å²) in [5.41, 5.74) is 1.49. The summed E-state index contributed by atoms with van der Waals surface area (Å²) in [7, 11) is 0. The predicted octanol–water partition coefficient (Wildman–Crippen LogP) is 3.69. The van der Waals surface area contributed by atoms with Crippen molar-refractivity contribution in [3.63, 3.8) is 0 Å². The van der Waals surface area contributed by atoms with Gasteiger partial charge in [-0.25, -0.2) is 8.78 Å². The van der Waals surface area contributed by atoms with Gasteiger partial charge in [-0.3, -0.25) is 9.59 Å². The first-order chi connectivity index (χ1) is 12.9. The predicted molar refractivity (Wildman–Crippen MR) is 98.7 cm³/mol. The second-order valence-corrected chi connectivity index (χ2v) is 6.99. The number of hydrogen-bond acceptors (Lipinski definition) is 2. The van der Waals surface area contributed by atoms with Crippen molar-refractivity contribution in [2.24, 2.45) is 0 Å². The van der Waals surface area contributed by atoms with Crippen molar-refractivity contribution in [1.82, 2.24) is 9.80 Å². The van der Waals surface area contributed by atoms with Crippen molar-refractivity contribution in [2.75, 3.05) is 26.2 Å². The molecule has 0 N–H and O–H groups in total. The molecule has 1 saturated heterocycles. The number of hydrogen-bond donors (Lipinski definition) is 0. The molecule has 1 aliphatic heterocycles. The van der Waals surface area contributed by atoms with Crippen LogP contribution in [0.3, 0.4) is 0 Å². The molecule has 6 heteroatoms. The van der Waals surface area contributed by atoms with Gasteiger partial charge in [0.25, 0.3) is 11.8 Å². The number of carbonyl (C=O) groups excluding carboxylic acids is 2. The Labute approximate surface area is 157 Å². The summed E-state index contributed by atoms with van der Waals surface area (Å²) in [5, 5.41) is 0. The van der Waals surface area contributed by atoms with Crippen molar-refractivity contribution >= 4 is 11.8 Å². The molecule has 27 heavy (non-hydrogen) atoms. The van der Waals surface area contributed by atoms with E-state index in [9.17, 15) is 18.4 Å². The number of benzene rings is 2. The maximum atomic E-state index is 13.8. The average Bonchev–Trinajstić information content (AvgIpc) is 2.69. The molecule has 0 unspecified atom stereocenters. The second-order valence-electron chi connectivity index (χ2n) is 6.99. The van der Waals surface area contributed by atoms with Crippen LogP contribution in [0.1, 0.15) is 46.0 Å². The Hall–Kier alpha value is -2.76. The van der Waals surface area contributed by atoms with E-state index in [0.717, 1.165) is 18.2 Å². The van der Waals surface area contributed by atoms with E-state index in [1.807, 2.05) is 24.3 Å². The average molecular weight is 372 g/mol.